The van der Waals surface area contributed by atoms with Gasteiger partial charge in [-0.25, -0.2) is 0 Å². The van der Waals surface area contributed by atoms with Crippen molar-refractivity contribution in [2.24, 2.45) is 0 Å². The molecule has 0 radical (unpaired) electrons. The monoisotopic (exact) mass is 445 g/mol. The van der Waals surface area contributed by atoms with Crippen LogP contribution in [0.4, 0.5) is 0 Å². The highest BCUT2D eigenvalue weighted by Gasteiger charge is 2.15. The highest BCUT2D eigenvalue weighted by atomic mass is 16.7. The van der Waals surface area contributed by atoms with Gasteiger partial charge >= 0.3 is 0 Å². The molecule has 5 rings (SSSR count). The second kappa shape index (κ2) is 10.1. The minimum absolute atomic E-state index is 0.189. The van der Waals surface area contributed by atoms with Crippen LogP contribution in [0.1, 0.15) is 36.1 Å². The van der Waals surface area contributed by atoms with Gasteiger partial charge in [0.05, 0.1) is 0 Å². The summed E-state index contributed by atoms with van der Waals surface area (Å²) in [7, 11) is 0. The van der Waals surface area contributed by atoms with Crippen LogP contribution in [0.5, 0.6) is 5.75 Å². The first-order chi connectivity index (χ1) is 16.3. The van der Waals surface area contributed by atoms with Crippen LogP contribution in [0.2, 0.25) is 0 Å². The van der Waals surface area contributed by atoms with Crippen molar-refractivity contribution in [3.63, 3.8) is 0 Å². The highest BCUT2D eigenvalue weighted by molar-refractivity contribution is 5.80. The van der Waals surface area contributed by atoms with Crippen molar-refractivity contribution in [2.45, 2.75) is 45.3 Å². The van der Waals surface area contributed by atoms with Gasteiger partial charge in [0.1, 0.15) is 25.2 Å². The van der Waals surface area contributed by atoms with E-state index in [0.29, 0.717) is 12.4 Å². The SMILES string of the molecule is O=c1cc(COC2CCCCO2)occ1OCc1ccccc1Cn1ccc2ccccc21. The summed E-state index contributed by atoms with van der Waals surface area (Å²) in [4.78, 5) is 12.5. The Bertz CT molecular complexity index is 1270. The number of hydrogen-bond acceptors (Lipinski definition) is 5. The Kier molecular flexibility index (Phi) is 6.56. The number of aromatic nitrogens is 1. The van der Waals surface area contributed by atoms with Crippen molar-refractivity contribution in [1.29, 1.82) is 0 Å². The van der Waals surface area contributed by atoms with E-state index in [0.717, 1.165) is 36.9 Å². The summed E-state index contributed by atoms with van der Waals surface area (Å²) < 4.78 is 24.9. The summed E-state index contributed by atoms with van der Waals surface area (Å²) in [6.07, 6.45) is 6.24. The van der Waals surface area contributed by atoms with Crippen LogP contribution in [0.15, 0.2) is 82.3 Å². The Morgan fingerprint density at radius 3 is 2.67 bits per heavy atom. The van der Waals surface area contributed by atoms with Gasteiger partial charge < -0.3 is 23.2 Å². The van der Waals surface area contributed by atoms with E-state index < -0.39 is 0 Å². The molecule has 1 unspecified atom stereocenters. The molecule has 1 aliphatic heterocycles. The van der Waals surface area contributed by atoms with Crippen molar-refractivity contribution < 1.29 is 18.6 Å². The summed E-state index contributed by atoms with van der Waals surface area (Å²) in [5.41, 5.74) is 3.13. The molecule has 0 aliphatic carbocycles. The van der Waals surface area contributed by atoms with E-state index in [2.05, 4.69) is 35.0 Å². The number of fused-ring (bicyclic) bond motifs is 1. The van der Waals surface area contributed by atoms with Gasteiger partial charge in [-0.3, -0.25) is 4.79 Å². The van der Waals surface area contributed by atoms with Crippen molar-refractivity contribution in [2.75, 3.05) is 6.61 Å². The maximum atomic E-state index is 12.5. The minimum atomic E-state index is -0.228. The van der Waals surface area contributed by atoms with Gasteiger partial charge in [-0.1, -0.05) is 42.5 Å². The molecule has 1 atom stereocenters. The smallest absolute Gasteiger partial charge is 0.227 e. The quantitative estimate of drug-likeness (QED) is 0.370. The van der Waals surface area contributed by atoms with Gasteiger partial charge in [-0.05, 0) is 47.9 Å². The zero-order valence-electron chi connectivity index (χ0n) is 18.4. The Hall–Kier alpha value is -3.35. The normalized spacial score (nSPS) is 16.2. The first-order valence-corrected chi connectivity index (χ1v) is 11.3. The van der Waals surface area contributed by atoms with Crippen molar-refractivity contribution in [3.05, 3.63) is 100 Å². The molecule has 1 saturated heterocycles. The third-order valence-electron chi connectivity index (χ3n) is 5.92. The second-order valence-corrected chi connectivity index (χ2v) is 8.24. The van der Waals surface area contributed by atoms with Gasteiger partial charge in [-0.2, -0.15) is 0 Å². The van der Waals surface area contributed by atoms with Crippen LogP contribution in [-0.4, -0.2) is 17.5 Å². The van der Waals surface area contributed by atoms with Gasteiger partial charge in [0.25, 0.3) is 0 Å². The number of benzene rings is 2. The average molecular weight is 446 g/mol. The van der Waals surface area contributed by atoms with E-state index >= 15 is 0 Å². The summed E-state index contributed by atoms with van der Waals surface area (Å²) in [6, 6.07) is 20.0. The molecule has 3 heterocycles. The van der Waals surface area contributed by atoms with Crippen LogP contribution in [0.3, 0.4) is 0 Å². The number of para-hydroxylation sites is 1. The zero-order valence-corrected chi connectivity index (χ0v) is 18.4. The summed E-state index contributed by atoms with van der Waals surface area (Å²) in [5, 5.41) is 1.21. The molecule has 170 valence electrons. The molecule has 6 nitrogen and oxygen atoms in total. The predicted octanol–water partition coefficient (Wildman–Crippen LogP) is 5.27. The molecule has 0 N–H and O–H groups in total. The molecule has 0 bridgehead atoms. The molecule has 33 heavy (non-hydrogen) atoms. The molecule has 0 spiro atoms. The molecular weight excluding hydrogens is 418 g/mol. The molecular formula is C27H27NO5. The fourth-order valence-corrected chi connectivity index (χ4v) is 4.11. The molecule has 1 aliphatic rings. The van der Waals surface area contributed by atoms with E-state index in [1.54, 1.807) is 0 Å². The van der Waals surface area contributed by atoms with Crippen LogP contribution in [-0.2, 0) is 29.2 Å². The van der Waals surface area contributed by atoms with Crippen molar-refractivity contribution in [3.8, 4) is 5.75 Å². The molecule has 1 fully saturated rings. The Morgan fingerprint density at radius 1 is 0.970 bits per heavy atom. The van der Waals surface area contributed by atoms with Crippen LogP contribution < -0.4 is 10.2 Å². The lowest BCUT2D eigenvalue weighted by molar-refractivity contribution is -0.171. The average Bonchev–Trinajstić information content (AvgIpc) is 3.26. The highest BCUT2D eigenvalue weighted by Crippen LogP contribution is 2.20. The summed E-state index contributed by atoms with van der Waals surface area (Å²) >= 11 is 0. The Labute approximate surface area is 192 Å². The van der Waals surface area contributed by atoms with Gasteiger partial charge in [0.15, 0.2) is 6.29 Å². The van der Waals surface area contributed by atoms with E-state index in [9.17, 15) is 4.79 Å². The van der Waals surface area contributed by atoms with E-state index in [4.69, 9.17) is 18.6 Å². The fourth-order valence-electron chi connectivity index (χ4n) is 4.11. The van der Waals surface area contributed by atoms with Crippen LogP contribution >= 0.6 is 0 Å². The van der Waals surface area contributed by atoms with E-state index in [1.807, 2.05) is 30.3 Å². The zero-order chi connectivity index (χ0) is 22.5. The Balaban J connectivity index is 1.24. The largest absolute Gasteiger partial charge is 0.482 e. The Morgan fingerprint density at radius 2 is 1.82 bits per heavy atom. The predicted molar refractivity (Wildman–Crippen MR) is 125 cm³/mol. The van der Waals surface area contributed by atoms with Crippen LogP contribution in [0.25, 0.3) is 10.9 Å². The third-order valence-corrected chi connectivity index (χ3v) is 5.92. The first kappa shape index (κ1) is 21.5. The van der Waals surface area contributed by atoms with Crippen LogP contribution in [0, 0.1) is 0 Å². The number of nitrogens with zero attached hydrogens (tertiary/aromatic N) is 1. The van der Waals surface area contributed by atoms with Crippen molar-refractivity contribution >= 4 is 10.9 Å². The lowest BCUT2D eigenvalue weighted by Gasteiger charge is -2.22. The first-order valence-electron chi connectivity index (χ1n) is 11.3. The molecule has 4 aromatic rings. The summed E-state index contributed by atoms with van der Waals surface area (Å²) in [6.45, 7) is 1.92. The van der Waals surface area contributed by atoms with Gasteiger partial charge in [0, 0.05) is 30.9 Å². The van der Waals surface area contributed by atoms with Gasteiger partial charge in [0.2, 0.25) is 11.2 Å². The maximum absolute atomic E-state index is 12.5. The molecule has 0 saturated carbocycles. The number of rotatable bonds is 8. The topological polar surface area (TPSA) is 62.8 Å². The maximum Gasteiger partial charge on any atom is 0.227 e. The summed E-state index contributed by atoms with van der Waals surface area (Å²) in [5.74, 6) is 0.648. The molecule has 6 heteroatoms. The van der Waals surface area contributed by atoms with Crippen molar-refractivity contribution in [1.82, 2.24) is 4.57 Å². The van der Waals surface area contributed by atoms with E-state index in [1.165, 1.54) is 23.2 Å². The minimum Gasteiger partial charge on any atom is -0.482 e. The lowest BCUT2D eigenvalue weighted by Crippen LogP contribution is -2.22. The molecule has 2 aromatic carbocycles. The van der Waals surface area contributed by atoms with E-state index in [-0.39, 0.29) is 30.7 Å². The third kappa shape index (κ3) is 5.18. The lowest BCUT2D eigenvalue weighted by atomic mass is 10.1. The molecule has 0 amide bonds. The standard InChI is InChI=1S/C27H27NO5/c29-25-15-23(18-33-27-11-5-6-14-30-27)31-19-26(25)32-17-22-9-2-1-8-21(22)16-28-13-12-20-7-3-4-10-24(20)28/h1-4,7-10,12-13,15,19,27H,5-6,11,14,16-18H2. The fraction of sp³-hybridized carbons (Fsp3) is 0.296. The second-order valence-electron chi connectivity index (χ2n) is 8.24. The molecule has 2 aromatic heterocycles. The number of ether oxygens (including phenoxy) is 3. The number of hydrogen-bond donors (Lipinski definition) is 0. The van der Waals surface area contributed by atoms with Gasteiger partial charge in [-0.15, -0.1) is 0 Å².